The zero-order chi connectivity index (χ0) is 12.0. The molecule has 1 aromatic carbocycles. The van der Waals surface area contributed by atoms with Crippen molar-refractivity contribution in [3.8, 4) is 0 Å². The number of isocyanates is 1. The Kier molecular flexibility index (Phi) is 4.42. The van der Waals surface area contributed by atoms with Gasteiger partial charge in [-0.25, -0.2) is 9.59 Å². The van der Waals surface area contributed by atoms with Crippen molar-refractivity contribution in [2.24, 2.45) is 4.99 Å². The Bertz CT molecular complexity index is 394. The molecule has 0 saturated carbocycles. The molecule has 16 heavy (non-hydrogen) atoms. The van der Waals surface area contributed by atoms with Crippen LogP contribution >= 0.6 is 0 Å². The minimum Gasteiger partial charge on any atom is -0.480 e. The molecule has 0 spiro atoms. The van der Waals surface area contributed by atoms with Crippen molar-refractivity contribution in [2.45, 2.75) is 25.3 Å². The van der Waals surface area contributed by atoms with Crippen molar-refractivity contribution in [1.29, 1.82) is 0 Å². The lowest BCUT2D eigenvalue weighted by atomic mass is 9.89. The van der Waals surface area contributed by atoms with Gasteiger partial charge in [-0.05, 0) is 12.0 Å². The van der Waals surface area contributed by atoms with Crippen LogP contribution in [0.5, 0.6) is 0 Å². The maximum atomic E-state index is 11.0. The van der Waals surface area contributed by atoms with Gasteiger partial charge in [0.15, 0.2) is 6.04 Å². The predicted octanol–water partition coefficient (Wildman–Crippen LogP) is 1.97. The summed E-state index contributed by atoms with van der Waals surface area (Å²) in [5.74, 6) is -1.39. The van der Waals surface area contributed by atoms with Crippen molar-refractivity contribution >= 4 is 12.0 Å². The minimum absolute atomic E-state index is 0.292. The Morgan fingerprint density at radius 3 is 2.50 bits per heavy atom. The van der Waals surface area contributed by atoms with Crippen LogP contribution in [0.15, 0.2) is 35.3 Å². The molecule has 0 bridgehead atoms. The molecule has 0 amide bonds. The van der Waals surface area contributed by atoms with Crippen LogP contribution in [-0.4, -0.2) is 23.2 Å². The zero-order valence-corrected chi connectivity index (χ0v) is 8.96. The van der Waals surface area contributed by atoms with Crippen LogP contribution in [0.25, 0.3) is 0 Å². The van der Waals surface area contributed by atoms with E-state index < -0.39 is 12.0 Å². The molecule has 2 unspecified atom stereocenters. The van der Waals surface area contributed by atoms with Crippen molar-refractivity contribution in [3.63, 3.8) is 0 Å². The fraction of sp³-hybridized carbons (Fsp3) is 0.333. The lowest BCUT2D eigenvalue weighted by Crippen LogP contribution is -2.25. The number of hydrogen-bond acceptors (Lipinski definition) is 3. The Morgan fingerprint density at radius 1 is 1.44 bits per heavy atom. The molecule has 0 aromatic heterocycles. The number of carbonyl (C=O) groups is 1. The summed E-state index contributed by atoms with van der Waals surface area (Å²) >= 11 is 0. The molecular weight excluding hydrogens is 206 g/mol. The standard InChI is InChI=1S/C12H13NO3/c1-2-10(9-6-4-3-5-7-9)11(12(15)16)13-8-14/h3-7,10-11H,2H2,1H3,(H,15,16). The molecule has 0 aliphatic heterocycles. The third-order valence-corrected chi connectivity index (χ3v) is 2.49. The lowest BCUT2D eigenvalue weighted by Gasteiger charge is -2.18. The Labute approximate surface area is 93.6 Å². The van der Waals surface area contributed by atoms with Crippen molar-refractivity contribution in [1.82, 2.24) is 0 Å². The molecule has 0 saturated heterocycles. The molecule has 4 heteroatoms. The number of carbonyl (C=O) groups excluding carboxylic acids is 1. The van der Waals surface area contributed by atoms with E-state index in [0.29, 0.717) is 6.42 Å². The number of benzene rings is 1. The van der Waals surface area contributed by atoms with Gasteiger partial charge in [0, 0.05) is 5.92 Å². The number of rotatable bonds is 5. The van der Waals surface area contributed by atoms with E-state index >= 15 is 0 Å². The van der Waals surface area contributed by atoms with Gasteiger partial charge in [0.25, 0.3) is 0 Å². The summed E-state index contributed by atoms with van der Waals surface area (Å²) in [7, 11) is 0. The second kappa shape index (κ2) is 5.83. The zero-order valence-electron chi connectivity index (χ0n) is 8.96. The van der Waals surface area contributed by atoms with Crippen molar-refractivity contribution in [3.05, 3.63) is 35.9 Å². The number of aliphatic carboxylic acids is 1. The molecule has 2 atom stereocenters. The largest absolute Gasteiger partial charge is 0.480 e. The highest BCUT2D eigenvalue weighted by molar-refractivity contribution is 5.76. The molecule has 0 radical (unpaired) electrons. The van der Waals surface area contributed by atoms with Crippen molar-refractivity contribution in [2.75, 3.05) is 0 Å². The summed E-state index contributed by atoms with van der Waals surface area (Å²) in [5, 5.41) is 8.99. The second-order valence-corrected chi connectivity index (χ2v) is 3.43. The van der Waals surface area contributed by atoms with Gasteiger partial charge in [-0.3, -0.25) is 0 Å². The molecule has 0 heterocycles. The number of aliphatic imine (C=N–C) groups is 1. The molecule has 0 aliphatic carbocycles. The first-order valence-electron chi connectivity index (χ1n) is 5.05. The molecule has 0 fully saturated rings. The van der Waals surface area contributed by atoms with Crippen LogP contribution in [0.4, 0.5) is 0 Å². The van der Waals surface area contributed by atoms with E-state index in [1.54, 1.807) is 0 Å². The van der Waals surface area contributed by atoms with Gasteiger partial charge in [0.05, 0.1) is 0 Å². The number of carboxylic acid groups (broad SMARTS) is 1. The number of carboxylic acids is 1. The van der Waals surface area contributed by atoms with Gasteiger partial charge >= 0.3 is 5.97 Å². The average molecular weight is 219 g/mol. The second-order valence-electron chi connectivity index (χ2n) is 3.43. The highest BCUT2D eigenvalue weighted by Crippen LogP contribution is 2.25. The van der Waals surface area contributed by atoms with Gasteiger partial charge in [0.1, 0.15) is 0 Å². The number of hydrogen-bond donors (Lipinski definition) is 1. The summed E-state index contributed by atoms with van der Waals surface area (Å²) in [4.78, 5) is 24.6. The normalized spacial score (nSPS) is 13.6. The van der Waals surface area contributed by atoms with Crippen LogP contribution in [0.1, 0.15) is 24.8 Å². The third kappa shape index (κ3) is 2.78. The van der Waals surface area contributed by atoms with E-state index in [1.165, 1.54) is 6.08 Å². The predicted molar refractivity (Wildman–Crippen MR) is 59.0 cm³/mol. The first-order valence-corrected chi connectivity index (χ1v) is 5.05. The first-order chi connectivity index (χ1) is 7.70. The molecule has 4 nitrogen and oxygen atoms in total. The van der Waals surface area contributed by atoms with E-state index in [4.69, 9.17) is 5.11 Å². The minimum atomic E-state index is -1.10. The fourth-order valence-corrected chi connectivity index (χ4v) is 1.72. The van der Waals surface area contributed by atoms with Gasteiger partial charge in [-0.15, -0.1) is 0 Å². The van der Waals surface area contributed by atoms with Gasteiger partial charge < -0.3 is 5.11 Å². The molecular formula is C12H13NO3. The van der Waals surface area contributed by atoms with Gasteiger partial charge in [0.2, 0.25) is 6.08 Å². The Morgan fingerprint density at radius 2 is 2.06 bits per heavy atom. The van der Waals surface area contributed by atoms with Crippen LogP contribution < -0.4 is 0 Å². The van der Waals surface area contributed by atoms with Crippen LogP contribution in [-0.2, 0) is 9.59 Å². The monoisotopic (exact) mass is 219 g/mol. The van der Waals surface area contributed by atoms with Crippen LogP contribution in [0.3, 0.4) is 0 Å². The molecule has 0 aliphatic rings. The molecule has 84 valence electrons. The molecule has 1 N–H and O–H groups in total. The summed E-state index contributed by atoms with van der Waals surface area (Å²) < 4.78 is 0. The quantitative estimate of drug-likeness (QED) is 0.608. The summed E-state index contributed by atoms with van der Waals surface area (Å²) in [5.41, 5.74) is 0.872. The maximum absolute atomic E-state index is 11.0. The fourth-order valence-electron chi connectivity index (χ4n) is 1.72. The highest BCUT2D eigenvalue weighted by atomic mass is 16.4. The van der Waals surface area contributed by atoms with Crippen LogP contribution in [0.2, 0.25) is 0 Å². The topological polar surface area (TPSA) is 66.7 Å². The molecule has 1 aromatic rings. The lowest BCUT2D eigenvalue weighted by molar-refractivity contribution is -0.139. The van der Waals surface area contributed by atoms with E-state index in [0.717, 1.165) is 5.56 Å². The maximum Gasteiger partial charge on any atom is 0.330 e. The smallest absolute Gasteiger partial charge is 0.330 e. The highest BCUT2D eigenvalue weighted by Gasteiger charge is 2.27. The van der Waals surface area contributed by atoms with E-state index in [1.807, 2.05) is 37.3 Å². The SMILES string of the molecule is CCC(c1ccccc1)C(N=C=O)C(=O)O. The number of nitrogens with zero attached hydrogens (tertiary/aromatic N) is 1. The first kappa shape index (κ1) is 12.1. The Balaban J connectivity index is 3.05. The van der Waals surface area contributed by atoms with Gasteiger partial charge in [-0.1, -0.05) is 37.3 Å². The summed E-state index contributed by atoms with van der Waals surface area (Å²) in [6.45, 7) is 1.87. The van der Waals surface area contributed by atoms with E-state index in [2.05, 4.69) is 4.99 Å². The van der Waals surface area contributed by atoms with E-state index in [-0.39, 0.29) is 5.92 Å². The molecule has 1 rings (SSSR count). The van der Waals surface area contributed by atoms with E-state index in [9.17, 15) is 9.59 Å². The summed E-state index contributed by atoms with van der Waals surface area (Å²) in [6.07, 6.45) is 1.93. The summed E-state index contributed by atoms with van der Waals surface area (Å²) in [6, 6.07) is 8.15. The van der Waals surface area contributed by atoms with Crippen LogP contribution in [0, 0.1) is 0 Å². The van der Waals surface area contributed by atoms with Gasteiger partial charge in [-0.2, -0.15) is 4.99 Å². The Hall–Kier alpha value is -1.93. The third-order valence-electron chi connectivity index (χ3n) is 2.49. The van der Waals surface area contributed by atoms with Crippen molar-refractivity contribution < 1.29 is 14.7 Å². The average Bonchev–Trinajstić information content (AvgIpc) is 2.30.